The third-order valence-electron chi connectivity index (χ3n) is 2.61. The summed E-state index contributed by atoms with van der Waals surface area (Å²) in [7, 11) is 0. The maximum absolute atomic E-state index is 10.7. The minimum Gasteiger partial charge on any atom is -0.490 e. The molecule has 1 amide bonds. The third kappa shape index (κ3) is 5.04. The zero-order valence-corrected chi connectivity index (χ0v) is 11.7. The number of carbonyl (C=O) groups excluding carboxylic acids is 1. The summed E-state index contributed by atoms with van der Waals surface area (Å²) >= 11 is 0. The van der Waals surface area contributed by atoms with Gasteiger partial charge in [0.1, 0.15) is 0 Å². The third-order valence-corrected chi connectivity index (χ3v) is 2.61. The van der Waals surface area contributed by atoms with E-state index in [-0.39, 0.29) is 6.10 Å². The molecule has 19 heavy (non-hydrogen) atoms. The Labute approximate surface area is 114 Å². The number of rotatable bonds is 7. The highest BCUT2D eigenvalue weighted by Gasteiger charge is 2.08. The molecule has 2 N–H and O–H groups in total. The van der Waals surface area contributed by atoms with Crippen LogP contribution < -0.4 is 15.2 Å². The Morgan fingerprint density at radius 2 is 2.11 bits per heavy atom. The Kier molecular flexibility index (Phi) is 5.93. The molecule has 0 radical (unpaired) electrons. The van der Waals surface area contributed by atoms with E-state index in [1.54, 1.807) is 6.08 Å². The molecule has 0 saturated carbocycles. The lowest BCUT2D eigenvalue weighted by Crippen LogP contribution is -2.11. The molecule has 0 aliphatic carbocycles. The van der Waals surface area contributed by atoms with Crippen LogP contribution >= 0.6 is 0 Å². The normalized spacial score (nSPS) is 12.4. The van der Waals surface area contributed by atoms with Crippen molar-refractivity contribution in [3.05, 3.63) is 29.8 Å². The second-order valence-electron chi connectivity index (χ2n) is 4.21. The molecule has 104 valence electrons. The molecule has 0 unspecified atom stereocenters. The van der Waals surface area contributed by atoms with Crippen LogP contribution in [0.3, 0.4) is 0 Å². The van der Waals surface area contributed by atoms with E-state index in [9.17, 15) is 4.79 Å². The molecule has 1 aromatic carbocycles. The highest BCUT2D eigenvalue weighted by molar-refractivity contribution is 5.90. The van der Waals surface area contributed by atoms with E-state index in [1.165, 1.54) is 6.08 Å². The number of carbonyl (C=O) groups is 1. The van der Waals surface area contributed by atoms with E-state index in [2.05, 4.69) is 6.92 Å². The van der Waals surface area contributed by atoms with Gasteiger partial charge in [0.25, 0.3) is 0 Å². The number of ether oxygens (including phenoxy) is 2. The van der Waals surface area contributed by atoms with Crippen LogP contribution in [0.4, 0.5) is 0 Å². The summed E-state index contributed by atoms with van der Waals surface area (Å²) in [6.45, 7) is 6.55. The van der Waals surface area contributed by atoms with Crippen LogP contribution in [-0.4, -0.2) is 18.6 Å². The number of primary amides is 1. The molecule has 1 rings (SSSR count). The average molecular weight is 263 g/mol. The SMILES string of the molecule is CCOc1cc(/C=C\C(N)=O)ccc1O[C@H](C)CC. The first kappa shape index (κ1) is 15.1. The van der Waals surface area contributed by atoms with Crippen molar-refractivity contribution >= 4 is 12.0 Å². The Bertz CT molecular complexity index is 455. The summed E-state index contributed by atoms with van der Waals surface area (Å²) in [5.74, 6) is 0.916. The van der Waals surface area contributed by atoms with Gasteiger partial charge in [0, 0.05) is 6.08 Å². The van der Waals surface area contributed by atoms with Gasteiger partial charge in [0.15, 0.2) is 11.5 Å². The summed E-state index contributed by atoms with van der Waals surface area (Å²) < 4.78 is 11.3. The van der Waals surface area contributed by atoms with Crippen LogP contribution in [0, 0.1) is 0 Å². The van der Waals surface area contributed by atoms with Gasteiger partial charge in [-0.05, 0) is 44.0 Å². The maximum atomic E-state index is 10.7. The van der Waals surface area contributed by atoms with Gasteiger partial charge in [0.2, 0.25) is 5.91 Å². The molecule has 1 aromatic rings. The molecule has 0 aromatic heterocycles. The number of hydrogen-bond donors (Lipinski definition) is 1. The molecular formula is C15H21NO3. The first-order chi connectivity index (χ1) is 9.06. The number of hydrogen-bond acceptors (Lipinski definition) is 3. The minimum absolute atomic E-state index is 0.131. The molecule has 0 fully saturated rings. The van der Waals surface area contributed by atoms with Crippen molar-refractivity contribution in [2.75, 3.05) is 6.61 Å². The van der Waals surface area contributed by atoms with E-state index in [0.29, 0.717) is 18.1 Å². The first-order valence-corrected chi connectivity index (χ1v) is 6.47. The predicted octanol–water partition coefficient (Wildman–Crippen LogP) is 2.76. The molecule has 1 atom stereocenters. The van der Waals surface area contributed by atoms with Crippen molar-refractivity contribution in [1.82, 2.24) is 0 Å². The van der Waals surface area contributed by atoms with Crippen LogP contribution in [-0.2, 0) is 4.79 Å². The fraction of sp³-hybridized carbons (Fsp3) is 0.400. The molecule has 0 bridgehead atoms. The van der Waals surface area contributed by atoms with Crippen molar-refractivity contribution in [3.8, 4) is 11.5 Å². The molecule has 4 nitrogen and oxygen atoms in total. The first-order valence-electron chi connectivity index (χ1n) is 6.47. The largest absolute Gasteiger partial charge is 0.490 e. The standard InChI is InChI=1S/C15H21NO3/c1-4-11(3)19-13-8-6-12(7-9-15(16)17)10-14(13)18-5-2/h6-11H,4-5H2,1-3H3,(H2,16,17)/b9-7-/t11-/m1/s1. The summed E-state index contributed by atoms with van der Waals surface area (Å²) in [5.41, 5.74) is 5.92. The van der Waals surface area contributed by atoms with Crippen molar-refractivity contribution in [3.63, 3.8) is 0 Å². The van der Waals surface area contributed by atoms with Gasteiger partial charge in [-0.15, -0.1) is 0 Å². The fourth-order valence-corrected chi connectivity index (χ4v) is 1.47. The lowest BCUT2D eigenvalue weighted by atomic mass is 10.2. The fourth-order valence-electron chi connectivity index (χ4n) is 1.47. The molecular weight excluding hydrogens is 242 g/mol. The predicted molar refractivity (Wildman–Crippen MR) is 76.2 cm³/mol. The zero-order valence-electron chi connectivity index (χ0n) is 11.7. The van der Waals surface area contributed by atoms with Crippen LogP contribution in [0.2, 0.25) is 0 Å². The van der Waals surface area contributed by atoms with E-state index in [4.69, 9.17) is 15.2 Å². The maximum Gasteiger partial charge on any atom is 0.241 e. The van der Waals surface area contributed by atoms with E-state index in [1.807, 2.05) is 32.0 Å². The molecule has 4 heteroatoms. The molecule has 0 heterocycles. The quantitative estimate of drug-likeness (QED) is 0.769. The number of nitrogens with two attached hydrogens (primary N) is 1. The minimum atomic E-state index is -0.474. The van der Waals surface area contributed by atoms with Gasteiger partial charge in [0.05, 0.1) is 12.7 Å². The van der Waals surface area contributed by atoms with Crippen molar-refractivity contribution < 1.29 is 14.3 Å². The van der Waals surface area contributed by atoms with Gasteiger partial charge in [-0.2, -0.15) is 0 Å². The summed E-state index contributed by atoms with van der Waals surface area (Å²) in [6, 6.07) is 5.54. The van der Waals surface area contributed by atoms with Crippen LogP contribution in [0.25, 0.3) is 6.08 Å². The topological polar surface area (TPSA) is 61.5 Å². The molecule has 0 saturated heterocycles. The summed E-state index contributed by atoms with van der Waals surface area (Å²) in [5, 5.41) is 0. The Hall–Kier alpha value is -1.97. The van der Waals surface area contributed by atoms with Crippen LogP contribution in [0.5, 0.6) is 11.5 Å². The molecule has 0 aliphatic heterocycles. The lowest BCUT2D eigenvalue weighted by molar-refractivity contribution is -0.113. The van der Waals surface area contributed by atoms with Crippen molar-refractivity contribution in [2.24, 2.45) is 5.73 Å². The van der Waals surface area contributed by atoms with E-state index < -0.39 is 5.91 Å². The van der Waals surface area contributed by atoms with Gasteiger partial charge < -0.3 is 15.2 Å². The molecule has 0 spiro atoms. The Morgan fingerprint density at radius 3 is 2.68 bits per heavy atom. The highest BCUT2D eigenvalue weighted by Crippen LogP contribution is 2.30. The summed E-state index contributed by atoms with van der Waals surface area (Å²) in [6.07, 6.45) is 4.03. The second-order valence-corrected chi connectivity index (χ2v) is 4.21. The molecule has 0 aliphatic rings. The van der Waals surface area contributed by atoms with Gasteiger partial charge in [-0.25, -0.2) is 0 Å². The van der Waals surface area contributed by atoms with Gasteiger partial charge in [-0.3, -0.25) is 4.79 Å². The zero-order chi connectivity index (χ0) is 14.3. The van der Waals surface area contributed by atoms with Crippen molar-refractivity contribution in [1.29, 1.82) is 0 Å². The number of amides is 1. The average Bonchev–Trinajstić information content (AvgIpc) is 2.39. The lowest BCUT2D eigenvalue weighted by Gasteiger charge is -2.16. The number of benzene rings is 1. The van der Waals surface area contributed by atoms with Gasteiger partial charge in [-0.1, -0.05) is 13.0 Å². The summed E-state index contributed by atoms with van der Waals surface area (Å²) in [4.78, 5) is 10.7. The van der Waals surface area contributed by atoms with Crippen molar-refractivity contribution in [2.45, 2.75) is 33.3 Å². The van der Waals surface area contributed by atoms with Gasteiger partial charge >= 0.3 is 0 Å². The highest BCUT2D eigenvalue weighted by atomic mass is 16.5. The van der Waals surface area contributed by atoms with E-state index in [0.717, 1.165) is 12.0 Å². The Balaban J connectivity index is 2.96. The van der Waals surface area contributed by atoms with E-state index >= 15 is 0 Å². The monoisotopic (exact) mass is 263 g/mol. The van der Waals surface area contributed by atoms with Crippen LogP contribution in [0.15, 0.2) is 24.3 Å². The second kappa shape index (κ2) is 7.46. The smallest absolute Gasteiger partial charge is 0.241 e. The Morgan fingerprint density at radius 1 is 1.37 bits per heavy atom. The van der Waals surface area contributed by atoms with Crippen LogP contribution in [0.1, 0.15) is 32.8 Å².